The molecule has 0 unspecified atom stereocenters. The smallest absolute Gasteiger partial charge is 0.257 e. The lowest BCUT2D eigenvalue weighted by Crippen LogP contribution is -2.34. The summed E-state index contributed by atoms with van der Waals surface area (Å²) in [5.41, 5.74) is 1.28. The van der Waals surface area contributed by atoms with Gasteiger partial charge in [-0.1, -0.05) is 48.0 Å². The second kappa shape index (κ2) is 6.77. The van der Waals surface area contributed by atoms with E-state index >= 15 is 0 Å². The van der Waals surface area contributed by atoms with E-state index in [2.05, 4.69) is 10.6 Å². The number of thiocarbonyl (C=S) groups is 1. The molecule has 0 aliphatic rings. The van der Waals surface area contributed by atoms with E-state index in [-0.39, 0.29) is 11.0 Å². The molecule has 0 bridgehead atoms. The second-order valence-electron chi connectivity index (χ2n) is 4.98. The van der Waals surface area contributed by atoms with E-state index in [4.69, 9.17) is 23.8 Å². The highest BCUT2D eigenvalue weighted by Crippen LogP contribution is 2.18. The molecule has 0 aromatic heterocycles. The van der Waals surface area contributed by atoms with Crippen LogP contribution in [0.3, 0.4) is 0 Å². The Kier molecular flexibility index (Phi) is 4.55. The van der Waals surface area contributed by atoms with Crippen LogP contribution in [0.5, 0.6) is 0 Å². The van der Waals surface area contributed by atoms with Gasteiger partial charge < -0.3 is 5.32 Å². The number of benzene rings is 3. The van der Waals surface area contributed by atoms with E-state index < -0.39 is 0 Å². The molecule has 0 heterocycles. The zero-order chi connectivity index (χ0) is 16.2. The molecule has 0 fully saturated rings. The van der Waals surface area contributed by atoms with Crippen molar-refractivity contribution in [1.29, 1.82) is 0 Å². The normalized spacial score (nSPS) is 10.3. The van der Waals surface area contributed by atoms with Gasteiger partial charge in [-0.3, -0.25) is 10.1 Å². The fourth-order valence-corrected chi connectivity index (χ4v) is 2.64. The first kappa shape index (κ1) is 15.5. The maximum atomic E-state index is 12.1. The van der Waals surface area contributed by atoms with Gasteiger partial charge in [-0.05, 0) is 53.3 Å². The molecule has 0 aliphatic heterocycles. The molecule has 114 valence electrons. The summed E-state index contributed by atoms with van der Waals surface area (Å²) in [6.45, 7) is 0. The van der Waals surface area contributed by atoms with Gasteiger partial charge in [-0.2, -0.15) is 0 Å². The van der Waals surface area contributed by atoms with Gasteiger partial charge in [0.05, 0.1) is 0 Å². The number of hydrogen-bond acceptors (Lipinski definition) is 2. The minimum atomic E-state index is -0.300. The number of hydrogen-bond donors (Lipinski definition) is 2. The van der Waals surface area contributed by atoms with E-state index in [9.17, 15) is 4.79 Å². The van der Waals surface area contributed by atoms with Crippen LogP contribution in [0.1, 0.15) is 10.4 Å². The predicted molar refractivity (Wildman–Crippen MR) is 99.1 cm³/mol. The number of rotatable bonds is 2. The van der Waals surface area contributed by atoms with Crippen LogP contribution in [-0.4, -0.2) is 11.0 Å². The Hall–Kier alpha value is -2.43. The molecule has 0 saturated heterocycles. The molecule has 0 spiro atoms. The first-order valence-corrected chi connectivity index (χ1v) is 7.77. The molecule has 3 aromatic carbocycles. The zero-order valence-corrected chi connectivity index (χ0v) is 13.6. The van der Waals surface area contributed by atoms with E-state index in [1.807, 2.05) is 42.5 Å². The number of halogens is 1. The molecule has 5 heteroatoms. The van der Waals surface area contributed by atoms with Crippen molar-refractivity contribution in [1.82, 2.24) is 5.32 Å². The third-order valence-corrected chi connectivity index (χ3v) is 3.76. The van der Waals surface area contributed by atoms with Crippen molar-refractivity contribution >= 4 is 51.3 Å². The van der Waals surface area contributed by atoms with Gasteiger partial charge in [0.15, 0.2) is 5.11 Å². The van der Waals surface area contributed by atoms with Crippen LogP contribution in [0, 0.1) is 0 Å². The van der Waals surface area contributed by atoms with Crippen LogP contribution in [0.15, 0.2) is 66.7 Å². The maximum absolute atomic E-state index is 12.1. The molecule has 23 heavy (non-hydrogen) atoms. The van der Waals surface area contributed by atoms with Crippen molar-refractivity contribution in [3.63, 3.8) is 0 Å². The average molecular weight is 341 g/mol. The van der Waals surface area contributed by atoms with Gasteiger partial charge in [0.25, 0.3) is 5.91 Å². The topological polar surface area (TPSA) is 41.1 Å². The van der Waals surface area contributed by atoms with Crippen LogP contribution in [0.4, 0.5) is 5.69 Å². The highest BCUT2D eigenvalue weighted by Gasteiger charge is 2.08. The van der Waals surface area contributed by atoms with Crippen LogP contribution in [0.2, 0.25) is 5.02 Å². The monoisotopic (exact) mass is 340 g/mol. The molecule has 0 saturated carbocycles. The van der Waals surface area contributed by atoms with E-state index in [0.29, 0.717) is 10.6 Å². The Morgan fingerprint density at radius 3 is 2.48 bits per heavy atom. The van der Waals surface area contributed by atoms with Gasteiger partial charge in [0.1, 0.15) is 0 Å². The number of fused-ring (bicyclic) bond motifs is 1. The molecule has 3 rings (SSSR count). The van der Waals surface area contributed by atoms with Crippen LogP contribution in [-0.2, 0) is 0 Å². The summed E-state index contributed by atoms with van der Waals surface area (Å²) < 4.78 is 0. The summed E-state index contributed by atoms with van der Waals surface area (Å²) in [6.07, 6.45) is 0. The average Bonchev–Trinajstić information content (AvgIpc) is 2.54. The van der Waals surface area contributed by atoms with Crippen molar-refractivity contribution in [2.45, 2.75) is 0 Å². The molecule has 2 N–H and O–H groups in total. The highest BCUT2D eigenvalue weighted by molar-refractivity contribution is 7.80. The summed E-state index contributed by atoms with van der Waals surface area (Å²) >= 11 is 11.1. The van der Waals surface area contributed by atoms with Gasteiger partial charge in [-0.15, -0.1) is 0 Å². The Morgan fingerprint density at radius 1 is 0.913 bits per heavy atom. The Labute approximate surface area is 144 Å². The molecular formula is C18H13ClN2OS. The molecule has 0 radical (unpaired) electrons. The highest BCUT2D eigenvalue weighted by atomic mass is 35.5. The standard InChI is InChI=1S/C18H13ClN2OS/c19-15-7-3-6-14(10-15)17(22)21-18(23)20-16-9-8-12-4-1-2-5-13(12)11-16/h1-11H,(H2,20,21,22,23). The number of nitrogens with one attached hydrogen (secondary N) is 2. The SMILES string of the molecule is O=C(NC(=S)Nc1ccc2ccccc2c1)c1cccc(Cl)c1. The number of carbonyl (C=O) groups is 1. The summed E-state index contributed by atoms with van der Waals surface area (Å²) in [5, 5.41) is 8.65. The molecule has 0 atom stereocenters. The van der Waals surface area contributed by atoms with Gasteiger partial charge >= 0.3 is 0 Å². The Bertz CT molecular complexity index is 895. The number of amides is 1. The molecule has 3 aromatic rings. The van der Waals surface area contributed by atoms with E-state index in [1.165, 1.54) is 0 Å². The first-order chi connectivity index (χ1) is 11.1. The van der Waals surface area contributed by atoms with Crippen LogP contribution < -0.4 is 10.6 Å². The van der Waals surface area contributed by atoms with Crippen molar-refractivity contribution in [2.24, 2.45) is 0 Å². The van der Waals surface area contributed by atoms with Gasteiger partial charge in [0, 0.05) is 16.3 Å². The number of anilines is 1. The van der Waals surface area contributed by atoms with Crippen molar-refractivity contribution in [3.8, 4) is 0 Å². The molecule has 1 amide bonds. The van der Waals surface area contributed by atoms with Gasteiger partial charge in [-0.25, -0.2) is 0 Å². The zero-order valence-electron chi connectivity index (χ0n) is 12.0. The molecule has 3 nitrogen and oxygen atoms in total. The fraction of sp³-hybridized carbons (Fsp3) is 0. The Morgan fingerprint density at radius 2 is 1.70 bits per heavy atom. The summed E-state index contributed by atoms with van der Waals surface area (Å²) in [4.78, 5) is 12.1. The number of carbonyl (C=O) groups excluding carboxylic acids is 1. The van der Waals surface area contributed by atoms with E-state index in [1.54, 1.807) is 24.3 Å². The lowest BCUT2D eigenvalue weighted by atomic mass is 10.1. The lowest BCUT2D eigenvalue weighted by Gasteiger charge is -2.10. The third-order valence-electron chi connectivity index (χ3n) is 3.32. The van der Waals surface area contributed by atoms with Crippen LogP contribution >= 0.6 is 23.8 Å². The summed E-state index contributed by atoms with van der Waals surface area (Å²) in [7, 11) is 0. The predicted octanol–water partition coefficient (Wildman–Crippen LogP) is 4.62. The Balaban J connectivity index is 1.69. The second-order valence-corrected chi connectivity index (χ2v) is 5.83. The van der Waals surface area contributed by atoms with Crippen molar-refractivity contribution in [3.05, 3.63) is 77.3 Å². The van der Waals surface area contributed by atoms with E-state index in [0.717, 1.165) is 16.5 Å². The quantitative estimate of drug-likeness (QED) is 0.669. The maximum Gasteiger partial charge on any atom is 0.257 e. The largest absolute Gasteiger partial charge is 0.332 e. The fourth-order valence-electron chi connectivity index (χ4n) is 2.23. The summed E-state index contributed by atoms with van der Waals surface area (Å²) in [6, 6.07) is 20.6. The van der Waals surface area contributed by atoms with Crippen LogP contribution in [0.25, 0.3) is 10.8 Å². The third kappa shape index (κ3) is 3.86. The molecular weight excluding hydrogens is 328 g/mol. The summed E-state index contributed by atoms with van der Waals surface area (Å²) in [5.74, 6) is -0.300. The minimum Gasteiger partial charge on any atom is -0.332 e. The lowest BCUT2D eigenvalue weighted by molar-refractivity contribution is 0.0977. The van der Waals surface area contributed by atoms with Gasteiger partial charge in [0.2, 0.25) is 0 Å². The minimum absolute atomic E-state index is 0.241. The molecule has 0 aliphatic carbocycles. The first-order valence-electron chi connectivity index (χ1n) is 6.98. The van der Waals surface area contributed by atoms with Crippen molar-refractivity contribution in [2.75, 3.05) is 5.32 Å². The van der Waals surface area contributed by atoms with Crippen molar-refractivity contribution < 1.29 is 4.79 Å².